The minimum Gasteiger partial charge on any atom is -0.374 e. The summed E-state index contributed by atoms with van der Waals surface area (Å²) in [6.07, 6.45) is 5.57. The lowest BCUT2D eigenvalue weighted by atomic mass is 10.0. The zero-order valence-corrected chi connectivity index (χ0v) is 15.9. The van der Waals surface area contributed by atoms with Crippen LogP contribution in [-0.4, -0.2) is 87.4 Å². The number of guanidine groups is 1. The van der Waals surface area contributed by atoms with Crippen LogP contribution in [0.15, 0.2) is 4.99 Å². The first-order valence-corrected chi connectivity index (χ1v) is 9.79. The molecule has 2 heterocycles. The molecule has 2 N–H and O–H groups in total. The Bertz CT molecular complexity index is 376. The van der Waals surface area contributed by atoms with Gasteiger partial charge in [-0.2, -0.15) is 0 Å². The highest BCUT2D eigenvalue weighted by Crippen LogP contribution is 2.18. The number of aliphatic imine (C=N–C) groups is 1. The van der Waals surface area contributed by atoms with Crippen LogP contribution in [0.1, 0.15) is 39.5 Å². The summed E-state index contributed by atoms with van der Waals surface area (Å²) in [5.41, 5.74) is 0. The van der Waals surface area contributed by atoms with E-state index in [1.807, 2.05) is 0 Å². The molecule has 2 atom stereocenters. The molecule has 2 fully saturated rings. The molecule has 140 valence electrons. The lowest BCUT2D eigenvalue weighted by Crippen LogP contribution is -2.46. The van der Waals surface area contributed by atoms with Gasteiger partial charge in [0, 0.05) is 38.8 Å². The van der Waals surface area contributed by atoms with E-state index in [9.17, 15) is 0 Å². The van der Waals surface area contributed by atoms with E-state index in [1.54, 1.807) is 0 Å². The van der Waals surface area contributed by atoms with Crippen molar-refractivity contribution in [3.8, 4) is 0 Å². The predicted molar refractivity (Wildman–Crippen MR) is 101 cm³/mol. The Balaban J connectivity index is 1.74. The van der Waals surface area contributed by atoms with Crippen molar-refractivity contribution in [2.75, 3.05) is 59.5 Å². The second-order valence-corrected chi connectivity index (χ2v) is 7.00. The number of likely N-dealkylation sites (N-methyl/N-ethyl adjacent to an activating group) is 1. The van der Waals surface area contributed by atoms with E-state index in [2.05, 4.69) is 41.3 Å². The standard InChI is InChI=1S/C18H37N5O/c1-4-16-8-6-7-10-23(16)11-9-20-18(19-5-2)21-14-17-15-22(3)12-13-24-17/h16-17H,4-15H2,1-3H3,(H2,19,20,21). The van der Waals surface area contributed by atoms with Gasteiger partial charge in [-0.05, 0) is 39.8 Å². The monoisotopic (exact) mass is 339 g/mol. The molecule has 0 radical (unpaired) electrons. The maximum Gasteiger partial charge on any atom is 0.191 e. The van der Waals surface area contributed by atoms with Crippen LogP contribution < -0.4 is 10.6 Å². The zero-order chi connectivity index (χ0) is 17.2. The summed E-state index contributed by atoms with van der Waals surface area (Å²) in [7, 11) is 2.14. The maximum absolute atomic E-state index is 5.79. The van der Waals surface area contributed by atoms with E-state index in [0.29, 0.717) is 0 Å². The van der Waals surface area contributed by atoms with Crippen LogP contribution in [0, 0.1) is 0 Å². The number of rotatable bonds is 7. The summed E-state index contributed by atoms with van der Waals surface area (Å²) < 4.78 is 5.79. The number of piperidine rings is 1. The highest BCUT2D eigenvalue weighted by atomic mass is 16.5. The molecule has 2 aliphatic heterocycles. The van der Waals surface area contributed by atoms with E-state index in [-0.39, 0.29) is 6.10 Å². The summed E-state index contributed by atoms with van der Waals surface area (Å²) in [5, 5.41) is 6.84. The van der Waals surface area contributed by atoms with Crippen molar-refractivity contribution in [1.82, 2.24) is 20.4 Å². The van der Waals surface area contributed by atoms with Crippen LogP contribution in [0.4, 0.5) is 0 Å². The van der Waals surface area contributed by atoms with Crippen LogP contribution in [0.25, 0.3) is 0 Å². The first-order chi connectivity index (χ1) is 11.7. The highest BCUT2D eigenvalue weighted by Gasteiger charge is 2.20. The smallest absolute Gasteiger partial charge is 0.191 e. The van der Waals surface area contributed by atoms with Gasteiger partial charge in [-0.25, -0.2) is 0 Å². The largest absolute Gasteiger partial charge is 0.374 e. The van der Waals surface area contributed by atoms with Crippen molar-refractivity contribution in [2.45, 2.75) is 51.7 Å². The Hall–Kier alpha value is -0.850. The number of hydrogen-bond donors (Lipinski definition) is 2. The SMILES string of the molecule is CCNC(=NCC1CN(C)CCO1)NCCN1CCCCC1CC. The van der Waals surface area contributed by atoms with Crippen LogP contribution in [0.5, 0.6) is 0 Å². The molecule has 2 saturated heterocycles. The van der Waals surface area contributed by atoms with Gasteiger partial charge in [0.2, 0.25) is 0 Å². The minimum absolute atomic E-state index is 0.214. The van der Waals surface area contributed by atoms with E-state index >= 15 is 0 Å². The molecule has 6 heteroatoms. The second-order valence-electron chi connectivity index (χ2n) is 7.00. The summed E-state index contributed by atoms with van der Waals surface area (Å²) in [5.74, 6) is 0.916. The molecule has 0 aromatic rings. The first kappa shape index (κ1) is 19.5. The van der Waals surface area contributed by atoms with Crippen molar-refractivity contribution < 1.29 is 4.74 Å². The van der Waals surface area contributed by atoms with Crippen LogP contribution in [0.2, 0.25) is 0 Å². The van der Waals surface area contributed by atoms with Crippen molar-refractivity contribution in [2.24, 2.45) is 4.99 Å². The first-order valence-electron chi connectivity index (χ1n) is 9.79. The molecule has 0 amide bonds. The van der Waals surface area contributed by atoms with Gasteiger partial charge in [0.1, 0.15) is 0 Å². The molecule has 0 aliphatic carbocycles. The van der Waals surface area contributed by atoms with E-state index in [4.69, 9.17) is 9.73 Å². The molecular weight excluding hydrogens is 302 g/mol. The molecule has 24 heavy (non-hydrogen) atoms. The molecule has 0 aromatic carbocycles. The summed E-state index contributed by atoms with van der Waals surface area (Å²) in [4.78, 5) is 9.67. The van der Waals surface area contributed by atoms with Gasteiger partial charge in [0.15, 0.2) is 5.96 Å². The molecule has 0 aromatic heterocycles. The molecule has 2 unspecified atom stereocenters. The third-order valence-electron chi connectivity index (χ3n) is 5.05. The summed E-state index contributed by atoms with van der Waals surface area (Å²) in [6.45, 7) is 12.1. The van der Waals surface area contributed by atoms with Crippen LogP contribution >= 0.6 is 0 Å². The fourth-order valence-corrected chi connectivity index (χ4v) is 3.65. The fourth-order valence-electron chi connectivity index (χ4n) is 3.65. The Morgan fingerprint density at radius 2 is 2.08 bits per heavy atom. The second kappa shape index (κ2) is 10.9. The van der Waals surface area contributed by atoms with Gasteiger partial charge in [-0.3, -0.25) is 9.89 Å². The van der Waals surface area contributed by atoms with Gasteiger partial charge < -0.3 is 20.3 Å². The van der Waals surface area contributed by atoms with Gasteiger partial charge in [0.25, 0.3) is 0 Å². The molecule has 2 rings (SSSR count). The number of likely N-dealkylation sites (tertiary alicyclic amines) is 1. The average Bonchev–Trinajstić information content (AvgIpc) is 2.60. The third-order valence-corrected chi connectivity index (χ3v) is 5.05. The lowest BCUT2D eigenvalue weighted by Gasteiger charge is -2.35. The van der Waals surface area contributed by atoms with Gasteiger partial charge in [0.05, 0.1) is 19.3 Å². The molecule has 0 saturated carbocycles. The van der Waals surface area contributed by atoms with Crippen LogP contribution in [0.3, 0.4) is 0 Å². The quantitative estimate of drug-likeness (QED) is 0.538. The van der Waals surface area contributed by atoms with E-state index < -0.39 is 0 Å². The zero-order valence-electron chi connectivity index (χ0n) is 15.9. The normalized spacial score (nSPS) is 27.2. The van der Waals surface area contributed by atoms with E-state index in [1.165, 1.54) is 32.2 Å². The Labute approximate surface area is 148 Å². The van der Waals surface area contributed by atoms with Crippen molar-refractivity contribution >= 4 is 5.96 Å². The topological polar surface area (TPSA) is 52.1 Å². The number of ether oxygens (including phenoxy) is 1. The fraction of sp³-hybridized carbons (Fsp3) is 0.944. The third kappa shape index (κ3) is 6.57. The highest BCUT2D eigenvalue weighted by molar-refractivity contribution is 5.79. The van der Waals surface area contributed by atoms with Crippen molar-refractivity contribution in [1.29, 1.82) is 0 Å². The maximum atomic E-state index is 5.79. The van der Waals surface area contributed by atoms with Gasteiger partial charge >= 0.3 is 0 Å². The van der Waals surface area contributed by atoms with Gasteiger partial charge in [-0.15, -0.1) is 0 Å². The van der Waals surface area contributed by atoms with Crippen LogP contribution in [-0.2, 0) is 4.74 Å². The number of morpholine rings is 1. The van der Waals surface area contributed by atoms with E-state index in [0.717, 1.165) is 57.9 Å². The minimum atomic E-state index is 0.214. The summed E-state index contributed by atoms with van der Waals surface area (Å²) in [6, 6.07) is 0.770. The van der Waals surface area contributed by atoms with Crippen molar-refractivity contribution in [3.63, 3.8) is 0 Å². The number of nitrogens with one attached hydrogen (secondary N) is 2. The Morgan fingerprint density at radius 3 is 2.83 bits per heavy atom. The molecule has 0 bridgehead atoms. The predicted octanol–water partition coefficient (Wildman–Crippen LogP) is 1.14. The Morgan fingerprint density at radius 1 is 1.21 bits per heavy atom. The molecule has 2 aliphatic rings. The molecular formula is C18H37N5O. The number of nitrogens with zero attached hydrogens (tertiary/aromatic N) is 3. The van der Waals surface area contributed by atoms with Gasteiger partial charge in [-0.1, -0.05) is 13.3 Å². The van der Waals surface area contributed by atoms with Crippen molar-refractivity contribution in [3.05, 3.63) is 0 Å². The average molecular weight is 340 g/mol. The Kier molecular flexibility index (Phi) is 8.84. The lowest BCUT2D eigenvalue weighted by molar-refractivity contribution is -0.0136. The molecule has 0 spiro atoms. The summed E-state index contributed by atoms with van der Waals surface area (Å²) >= 11 is 0. The molecule has 6 nitrogen and oxygen atoms in total. The number of hydrogen-bond acceptors (Lipinski definition) is 4.